The van der Waals surface area contributed by atoms with Crippen molar-refractivity contribution >= 4 is 46.1 Å². The van der Waals surface area contributed by atoms with Crippen LogP contribution in [0.5, 0.6) is 0 Å². The van der Waals surface area contributed by atoms with E-state index < -0.39 is 0 Å². The summed E-state index contributed by atoms with van der Waals surface area (Å²) in [4.78, 5) is 39.3. The molecule has 0 bridgehead atoms. The van der Waals surface area contributed by atoms with Crippen LogP contribution in [0.4, 0.5) is 10.5 Å². The molecule has 0 saturated carbocycles. The lowest BCUT2D eigenvalue weighted by Crippen LogP contribution is -2.39. The van der Waals surface area contributed by atoms with Crippen molar-refractivity contribution in [1.82, 2.24) is 9.80 Å². The van der Waals surface area contributed by atoms with Gasteiger partial charge >= 0.3 is 0 Å². The molecule has 1 aliphatic heterocycles. The van der Waals surface area contributed by atoms with E-state index in [1.54, 1.807) is 17.0 Å². The minimum Gasteiger partial charge on any atom is -0.334 e. The molecule has 136 valence electrons. The van der Waals surface area contributed by atoms with E-state index in [4.69, 9.17) is 11.6 Å². The van der Waals surface area contributed by atoms with Crippen LogP contribution in [0, 0.1) is 6.92 Å². The van der Waals surface area contributed by atoms with Gasteiger partial charge < -0.3 is 15.1 Å². The molecule has 0 atom stereocenters. The maximum Gasteiger partial charge on any atom is 0.281 e. The van der Waals surface area contributed by atoms with Crippen LogP contribution in [0.15, 0.2) is 18.2 Å². The number of hydrogen-bond donors (Lipinski definition) is 1. The number of benzene rings is 1. The van der Waals surface area contributed by atoms with E-state index >= 15 is 0 Å². The van der Waals surface area contributed by atoms with Gasteiger partial charge in [-0.05, 0) is 31.5 Å². The Balaban J connectivity index is 1.87. The van der Waals surface area contributed by atoms with Gasteiger partial charge in [0.2, 0.25) is 11.8 Å². The Hall–Kier alpha value is -1.73. The van der Waals surface area contributed by atoms with Crippen LogP contribution >= 0.6 is 23.4 Å². The van der Waals surface area contributed by atoms with Gasteiger partial charge in [-0.2, -0.15) is 0 Å². The SMILES string of the molecule is CCN(CC(=O)Nc1cc(Cl)ccc1C)C(=O)CCN1CCSC1=O. The minimum absolute atomic E-state index is 0.0185. The van der Waals surface area contributed by atoms with Crippen LogP contribution in [-0.4, -0.2) is 58.8 Å². The second-order valence-electron chi connectivity index (χ2n) is 5.77. The van der Waals surface area contributed by atoms with Gasteiger partial charge in [0.15, 0.2) is 0 Å². The smallest absolute Gasteiger partial charge is 0.281 e. The quantitative estimate of drug-likeness (QED) is 0.785. The third-order valence-electron chi connectivity index (χ3n) is 3.98. The van der Waals surface area contributed by atoms with Crippen molar-refractivity contribution in [3.05, 3.63) is 28.8 Å². The zero-order chi connectivity index (χ0) is 18.4. The van der Waals surface area contributed by atoms with E-state index in [1.165, 1.54) is 16.7 Å². The highest BCUT2D eigenvalue weighted by Gasteiger charge is 2.23. The normalized spacial score (nSPS) is 13.9. The molecule has 0 spiro atoms. The zero-order valence-electron chi connectivity index (χ0n) is 14.4. The lowest BCUT2D eigenvalue weighted by atomic mass is 10.2. The maximum absolute atomic E-state index is 12.3. The number of aryl methyl sites for hydroxylation is 1. The number of hydrogen-bond acceptors (Lipinski definition) is 4. The molecule has 1 aromatic rings. The van der Waals surface area contributed by atoms with Crippen molar-refractivity contribution in [3.63, 3.8) is 0 Å². The first kappa shape index (κ1) is 19.6. The van der Waals surface area contributed by atoms with Crippen molar-refractivity contribution in [1.29, 1.82) is 0 Å². The largest absolute Gasteiger partial charge is 0.334 e. The van der Waals surface area contributed by atoms with E-state index in [2.05, 4.69) is 5.32 Å². The summed E-state index contributed by atoms with van der Waals surface area (Å²) in [7, 11) is 0. The molecule has 1 saturated heterocycles. The van der Waals surface area contributed by atoms with Crippen LogP contribution in [-0.2, 0) is 9.59 Å². The summed E-state index contributed by atoms with van der Waals surface area (Å²) in [6.45, 7) is 5.19. The van der Waals surface area contributed by atoms with Gasteiger partial charge in [0.1, 0.15) is 0 Å². The van der Waals surface area contributed by atoms with Gasteiger partial charge in [-0.1, -0.05) is 29.4 Å². The van der Waals surface area contributed by atoms with Gasteiger partial charge in [-0.25, -0.2) is 0 Å². The number of carbonyl (C=O) groups is 3. The Morgan fingerprint density at radius 1 is 1.40 bits per heavy atom. The molecule has 3 amide bonds. The molecule has 0 radical (unpaired) electrons. The Kier molecular flexibility index (Phi) is 7.13. The molecule has 25 heavy (non-hydrogen) atoms. The number of rotatable bonds is 7. The second-order valence-corrected chi connectivity index (χ2v) is 7.25. The molecule has 0 aromatic heterocycles. The molecule has 2 rings (SSSR count). The number of nitrogens with one attached hydrogen (secondary N) is 1. The zero-order valence-corrected chi connectivity index (χ0v) is 16.0. The van der Waals surface area contributed by atoms with E-state index in [0.29, 0.717) is 30.3 Å². The molecular weight excluding hydrogens is 362 g/mol. The van der Waals surface area contributed by atoms with Crippen LogP contribution in [0.2, 0.25) is 5.02 Å². The van der Waals surface area contributed by atoms with E-state index in [1.807, 2.05) is 19.9 Å². The Bertz CT molecular complexity index is 669. The van der Waals surface area contributed by atoms with Crippen LogP contribution in [0.1, 0.15) is 18.9 Å². The van der Waals surface area contributed by atoms with E-state index in [0.717, 1.165) is 11.3 Å². The standard InChI is InChI=1S/C17H22ClN3O3S/c1-3-20(16(23)6-7-21-8-9-25-17(21)24)11-15(22)19-14-10-13(18)5-4-12(14)2/h4-5,10H,3,6-9,11H2,1-2H3,(H,19,22). The Labute approximate surface area is 156 Å². The first-order valence-corrected chi connectivity index (χ1v) is 9.52. The molecule has 1 N–H and O–H groups in total. The summed E-state index contributed by atoms with van der Waals surface area (Å²) in [5.74, 6) is 0.366. The third kappa shape index (κ3) is 5.64. The summed E-state index contributed by atoms with van der Waals surface area (Å²) in [6.07, 6.45) is 0.226. The lowest BCUT2D eigenvalue weighted by Gasteiger charge is -2.22. The third-order valence-corrected chi connectivity index (χ3v) is 5.11. The minimum atomic E-state index is -0.270. The van der Waals surface area contributed by atoms with Crippen LogP contribution < -0.4 is 5.32 Å². The molecular formula is C17H22ClN3O3S. The van der Waals surface area contributed by atoms with Crippen LogP contribution in [0.25, 0.3) is 0 Å². The van der Waals surface area contributed by atoms with Crippen LogP contribution in [0.3, 0.4) is 0 Å². The predicted octanol–water partition coefficient (Wildman–Crippen LogP) is 2.99. The molecule has 1 aromatic carbocycles. The fourth-order valence-electron chi connectivity index (χ4n) is 2.49. The number of amides is 3. The van der Waals surface area contributed by atoms with Gasteiger partial charge in [0.25, 0.3) is 5.24 Å². The van der Waals surface area contributed by atoms with Crippen molar-refractivity contribution in [2.75, 3.05) is 37.2 Å². The first-order valence-electron chi connectivity index (χ1n) is 8.16. The highest BCUT2D eigenvalue weighted by atomic mass is 35.5. The summed E-state index contributed by atoms with van der Waals surface area (Å²) < 4.78 is 0. The molecule has 0 unspecified atom stereocenters. The lowest BCUT2D eigenvalue weighted by molar-refractivity contribution is -0.134. The first-order chi connectivity index (χ1) is 11.9. The Morgan fingerprint density at radius 3 is 2.80 bits per heavy atom. The molecule has 6 nitrogen and oxygen atoms in total. The summed E-state index contributed by atoms with van der Waals surface area (Å²) in [6, 6.07) is 5.27. The predicted molar refractivity (Wildman–Crippen MR) is 101 cm³/mol. The molecule has 1 aliphatic rings. The molecule has 1 fully saturated rings. The monoisotopic (exact) mass is 383 g/mol. The van der Waals surface area contributed by atoms with Gasteiger partial charge in [0.05, 0.1) is 6.54 Å². The number of thioether (sulfide) groups is 1. The number of carbonyl (C=O) groups excluding carboxylic acids is 3. The van der Waals surface area contributed by atoms with E-state index in [9.17, 15) is 14.4 Å². The summed E-state index contributed by atoms with van der Waals surface area (Å²) >= 11 is 7.22. The van der Waals surface area contributed by atoms with Gasteiger partial charge in [-0.3, -0.25) is 14.4 Å². The molecule has 1 heterocycles. The molecule has 0 aliphatic carbocycles. The average molecular weight is 384 g/mol. The highest BCUT2D eigenvalue weighted by molar-refractivity contribution is 8.13. The van der Waals surface area contributed by atoms with Crippen molar-refractivity contribution < 1.29 is 14.4 Å². The fourth-order valence-corrected chi connectivity index (χ4v) is 3.51. The van der Waals surface area contributed by atoms with Gasteiger partial charge in [0, 0.05) is 42.5 Å². The maximum atomic E-state index is 12.3. The number of anilines is 1. The summed E-state index contributed by atoms with van der Waals surface area (Å²) in [5, 5.41) is 3.35. The summed E-state index contributed by atoms with van der Waals surface area (Å²) in [5.41, 5.74) is 1.54. The van der Waals surface area contributed by atoms with Gasteiger partial charge in [-0.15, -0.1) is 0 Å². The second kappa shape index (κ2) is 9.10. The number of likely N-dealkylation sites (N-methyl/N-ethyl adjacent to an activating group) is 1. The topological polar surface area (TPSA) is 69.7 Å². The average Bonchev–Trinajstić information content (AvgIpc) is 2.99. The van der Waals surface area contributed by atoms with Crippen molar-refractivity contribution in [2.24, 2.45) is 0 Å². The van der Waals surface area contributed by atoms with E-state index in [-0.39, 0.29) is 30.0 Å². The Morgan fingerprint density at radius 2 is 2.16 bits per heavy atom. The highest BCUT2D eigenvalue weighted by Crippen LogP contribution is 2.20. The fraction of sp³-hybridized carbons (Fsp3) is 0.471. The molecule has 8 heteroatoms. The number of nitrogens with zero attached hydrogens (tertiary/aromatic N) is 2. The van der Waals surface area contributed by atoms with Crippen molar-refractivity contribution in [3.8, 4) is 0 Å². The van der Waals surface area contributed by atoms with Crippen molar-refractivity contribution in [2.45, 2.75) is 20.3 Å². The number of halogens is 1.